The van der Waals surface area contributed by atoms with Crippen LogP contribution in [0.2, 0.25) is 0 Å². The molecule has 3 aliphatic heterocycles. The first-order valence-electron chi connectivity index (χ1n) is 11.2. The first-order chi connectivity index (χ1) is 17.0. The van der Waals surface area contributed by atoms with E-state index in [1.165, 1.54) is 25.1 Å². The lowest BCUT2D eigenvalue weighted by Gasteiger charge is -2.40. The highest BCUT2D eigenvalue weighted by Gasteiger charge is 2.38. The molecule has 0 aliphatic carbocycles. The van der Waals surface area contributed by atoms with Gasteiger partial charge in [-0.15, -0.1) is 11.8 Å². The van der Waals surface area contributed by atoms with E-state index in [0.717, 1.165) is 4.90 Å². The molecule has 3 aliphatic rings. The van der Waals surface area contributed by atoms with Gasteiger partial charge in [-0.1, -0.05) is 0 Å². The Hall–Kier alpha value is -3.64. The van der Waals surface area contributed by atoms with Crippen LogP contribution < -0.4 is 20.5 Å². The first-order valence-corrected chi connectivity index (χ1v) is 12.2. The molecule has 2 fully saturated rings. The van der Waals surface area contributed by atoms with Gasteiger partial charge in [0.1, 0.15) is 11.6 Å². The molecule has 0 saturated carbocycles. The van der Waals surface area contributed by atoms with Crippen LogP contribution in [0, 0.1) is 0 Å². The van der Waals surface area contributed by atoms with Gasteiger partial charge in [-0.2, -0.15) is 4.98 Å². The number of carbonyl (C=O) groups excluding carboxylic acids is 2. The Morgan fingerprint density at radius 2 is 2.03 bits per heavy atom. The standard InChI is InChI=1S/C23H22N6O5S/c1-33-20-5-3-16-22(26-20)29(21(31)7-24-16)14-8-27(9-14)10-15-11-28(23(32)34-15)13-2-4-18-17(6-13)25-19(30)12-35-18/h2-7,14-15H,8-12H2,1H3,(H,25,30). The summed E-state index contributed by atoms with van der Waals surface area (Å²) in [7, 11) is 1.53. The van der Waals surface area contributed by atoms with Crippen molar-refractivity contribution in [2.75, 3.05) is 49.3 Å². The highest BCUT2D eigenvalue weighted by Crippen LogP contribution is 2.35. The molecule has 5 heterocycles. The van der Waals surface area contributed by atoms with Crippen LogP contribution in [0.5, 0.6) is 5.88 Å². The summed E-state index contributed by atoms with van der Waals surface area (Å²) < 4.78 is 12.5. The van der Waals surface area contributed by atoms with Crippen molar-refractivity contribution >= 4 is 46.3 Å². The van der Waals surface area contributed by atoms with Crippen molar-refractivity contribution in [3.63, 3.8) is 0 Å². The van der Waals surface area contributed by atoms with Crippen LogP contribution in [0.1, 0.15) is 6.04 Å². The maximum atomic E-state index is 12.6. The van der Waals surface area contributed by atoms with Crippen molar-refractivity contribution < 1.29 is 19.1 Å². The maximum absolute atomic E-state index is 12.6. The molecular weight excluding hydrogens is 472 g/mol. The van der Waals surface area contributed by atoms with Crippen LogP contribution in [0.3, 0.4) is 0 Å². The summed E-state index contributed by atoms with van der Waals surface area (Å²) in [5.74, 6) is 0.763. The fourth-order valence-corrected chi connectivity index (χ4v) is 5.46. The summed E-state index contributed by atoms with van der Waals surface area (Å²) in [5.41, 5.74) is 2.32. The molecule has 6 rings (SSSR count). The van der Waals surface area contributed by atoms with Crippen molar-refractivity contribution in [1.29, 1.82) is 0 Å². The lowest BCUT2D eigenvalue weighted by molar-refractivity contribution is -0.113. The minimum atomic E-state index is -0.408. The van der Waals surface area contributed by atoms with E-state index in [2.05, 4.69) is 20.2 Å². The number of ether oxygens (including phenoxy) is 2. The molecule has 1 atom stereocenters. The fourth-order valence-electron chi connectivity index (χ4n) is 4.67. The van der Waals surface area contributed by atoms with Gasteiger partial charge in [-0.05, 0) is 24.3 Å². The van der Waals surface area contributed by atoms with Gasteiger partial charge in [-0.3, -0.25) is 24.0 Å². The van der Waals surface area contributed by atoms with Crippen molar-refractivity contribution in [2.24, 2.45) is 0 Å². The van der Waals surface area contributed by atoms with Crippen molar-refractivity contribution in [3.8, 4) is 5.88 Å². The third-order valence-electron chi connectivity index (χ3n) is 6.36. The van der Waals surface area contributed by atoms with Gasteiger partial charge in [0, 0.05) is 36.3 Å². The van der Waals surface area contributed by atoms with Gasteiger partial charge in [0.05, 0.1) is 37.3 Å². The minimum Gasteiger partial charge on any atom is -0.481 e. The Morgan fingerprint density at radius 1 is 1.17 bits per heavy atom. The smallest absolute Gasteiger partial charge is 0.414 e. The predicted molar refractivity (Wildman–Crippen MR) is 129 cm³/mol. The number of nitrogens with one attached hydrogen (secondary N) is 1. The van der Waals surface area contributed by atoms with Gasteiger partial charge in [0.2, 0.25) is 11.8 Å². The maximum Gasteiger partial charge on any atom is 0.414 e. The molecule has 35 heavy (non-hydrogen) atoms. The van der Waals surface area contributed by atoms with Crippen LogP contribution in [0.15, 0.2) is 46.2 Å². The third kappa shape index (κ3) is 3.98. The highest BCUT2D eigenvalue weighted by atomic mass is 32.2. The molecule has 12 heteroatoms. The SMILES string of the molecule is COc1ccc2ncc(=O)n(C3CN(CC4CN(c5ccc6c(c5)NC(=O)CS6)C(=O)O4)C3)c2n1. The number of likely N-dealkylation sites (tertiary alicyclic amines) is 1. The van der Waals surface area contributed by atoms with Crippen LogP contribution >= 0.6 is 11.8 Å². The number of nitrogens with zero attached hydrogens (tertiary/aromatic N) is 5. The zero-order valence-electron chi connectivity index (χ0n) is 18.8. The second-order valence-corrected chi connectivity index (χ2v) is 9.69. The molecule has 0 spiro atoms. The molecule has 0 bridgehead atoms. The van der Waals surface area contributed by atoms with Crippen LogP contribution in [-0.2, 0) is 9.53 Å². The zero-order chi connectivity index (χ0) is 24.1. The van der Waals surface area contributed by atoms with Gasteiger partial charge < -0.3 is 14.8 Å². The van der Waals surface area contributed by atoms with E-state index in [9.17, 15) is 14.4 Å². The fraction of sp³-hybridized carbons (Fsp3) is 0.348. The largest absolute Gasteiger partial charge is 0.481 e. The van der Waals surface area contributed by atoms with Gasteiger partial charge in [-0.25, -0.2) is 9.78 Å². The highest BCUT2D eigenvalue weighted by molar-refractivity contribution is 8.00. The number of cyclic esters (lactones) is 1. The number of rotatable bonds is 5. The summed E-state index contributed by atoms with van der Waals surface area (Å²) in [6, 6.07) is 9.04. The Labute approximate surface area is 204 Å². The number of hydrogen-bond acceptors (Lipinski definition) is 9. The van der Waals surface area contributed by atoms with Gasteiger partial charge in [0.25, 0.3) is 5.56 Å². The number of amides is 2. The van der Waals surface area contributed by atoms with Gasteiger partial charge >= 0.3 is 6.09 Å². The summed E-state index contributed by atoms with van der Waals surface area (Å²) in [5, 5.41) is 2.85. The summed E-state index contributed by atoms with van der Waals surface area (Å²) >= 11 is 1.48. The molecule has 1 unspecified atom stereocenters. The van der Waals surface area contributed by atoms with E-state index < -0.39 is 6.09 Å². The topological polar surface area (TPSA) is 119 Å². The number of hydrogen-bond donors (Lipinski definition) is 1. The Kier molecular flexibility index (Phi) is 5.33. The number of benzene rings is 1. The molecule has 180 valence electrons. The Balaban J connectivity index is 1.12. The summed E-state index contributed by atoms with van der Waals surface area (Å²) in [6.45, 7) is 2.24. The molecule has 1 aromatic carbocycles. The van der Waals surface area contributed by atoms with E-state index >= 15 is 0 Å². The normalized spacial score (nSPS) is 20.4. The number of anilines is 2. The van der Waals surface area contributed by atoms with Crippen molar-refractivity contribution in [1.82, 2.24) is 19.4 Å². The van der Waals surface area contributed by atoms with Crippen LogP contribution in [0.25, 0.3) is 11.2 Å². The van der Waals surface area contributed by atoms with Crippen molar-refractivity contribution in [3.05, 3.63) is 46.9 Å². The first kappa shape index (κ1) is 21.9. The number of carbonyl (C=O) groups is 2. The molecule has 1 N–H and O–H groups in total. The zero-order valence-corrected chi connectivity index (χ0v) is 19.7. The average molecular weight is 495 g/mol. The average Bonchev–Trinajstić information content (AvgIpc) is 3.20. The molecule has 0 radical (unpaired) electrons. The minimum absolute atomic E-state index is 0.0522. The lowest BCUT2D eigenvalue weighted by atomic mass is 10.1. The Bertz CT molecular complexity index is 1400. The number of methoxy groups -OCH3 is 1. The monoisotopic (exact) mass is 494 g/mol. The molecule has 3 aromatic rings. The number of thioether (sulfide) groups is 1. The van der Waals surface area contributed by atoms with E-state index in [0.29, 0.717) is 60.4 Å². The molecule has 2 amide bonds. The summed E-state index contributed by atoms with van der Waals surface area (Å²) in [4.78, 5) is 50.2. The van der Waals surface area contributed by atoms with Gasteiger partial charge in [0.15, 0.2) is 5.65 Å². The predicted octanol–water partition coefficient (Wildman–Crippen LogP) is 1.73. The number of aromatic nitrogens is 3. The van der Waals surface area contributed by atoms with E-state index in [-0.39, 0.29) is 23.6 Å². The van der Waals surface area contributed by atoms with Crippen LogP contribution in [-0.4, -0.2) is 76.6 Å². The van der Waals surface area contributed by atoms with E-state index in [1.54, 1.807) is 21.6 Å². The molecular formula is C23H22N6O5S. The summed E-state index contributed by atoms with van der Waals surface area (Å²) in [6.07, 6.45) is 0.608. The van der Waals surface area contributed by atoms with Crippen molar-refractivity contribution in [2.45, 2.75) is 17.0 Å². The molecule has 2 saturated heterocycles. The number of pyridine rings is 1. The number of fused-ring (bicyclic) bond motifs is 2. The molecule has 2 aromatic heterocycles. The van der Waals surface area contributed by atoms with Crippen LogP contribution in [0.4, 0.5) is 16.2 Å². The third-order valence-corrected chi connectivity index (χ3v) is 7.44. The van der Waals surface area contributed by atoms with E-state index in [4.69, 9.17) is 9.47 Å². The second kappa shape index (κ2) is 8.54. The molecule has 11 nitrogen and oxygen atoms in total. The Morgan fingerprint density at radius 3 is 2.86 bits per heavy atom. The quantitative estimate of drug-likeness (QED) is 0.566. The lowest BCUT2D eigenvalue weighted by Crippen LogP contribution is -2.53. The second-order valence-electron chi connectivity index (χ2n) is 8.67. The van der Waals surface area contributed by atoms with E-state index in [1.807, 2.05) is 18.2 Å².